The lowest BCUT2D eigenvalue weighted by atomic mass is 9.80. The summed E-state index contributed by atoms with van der Waals surface area (Å²) in [6, 6.07) is 0. The lowest BCUT2D eigenvalue weighted by Crippen LogP contribution is -2.51. The summed E-state index contributed by atoms with van der Waals surface area (Å²) in [7, 11) is 0. The maximum absolute atomic E-state index is 13.0. The normalized spacial score (nSPS) is 17.0. The number of aliphatic hydroxyl groups excluding tert-OH is 1. The standard InChI is InChI=1S/C14H19F7O2/c1-4-9(6-8(3)15)10(22)7-11(23)12(5-2,13(16,17)18)14(19,20)21/h7-9,23H,4-6H2,1-3H3/b11-7-. The molecule has 2 unspecified atom stereocenters. The van der Waals surface area contributed by atoms with Gasteiger partial charge in [0, 0.05) is 12.0 Å². The van der Waals surface area contributed by atoms with Gasteiger partial charge >= 0.3 is 12.4 Å². The van der Waals surface area contributed by atoms with Gasteiger partial charge in [-0.15, -0.1) is 0 Å². The maximum Gasteiger partial charge on any atom is 0.410 e. The molecule has 2 atom stereocenters. The zero-order valence-electron chi connectivity index (χ0n) is 12.9. The molecule has 0 aromatic carbocycles. The number of aliphatic hydroxyl groups is 1. The van der Waals surface area contributed by atoms with E-state index in [1.807, 2.05) is 0 Å². The highest BCUT2D eigenvalue weighted by Crippen LogP contribution is 2.56. The van der Waals surface area contributed by atoms with E-state index >= 15 is 0 Å². The molecule has 0 radical (unpaired) electrons. The third-order valence-electron chi connectivity index (χ3n) is 3.72. The minimum absolute atomic E-state index is 0.0219. The van der Waals surface area contributed by atoms with Gasteiger partial charge in [-0.3, -0.25) is 4.79 Å². The first-order valence-corrected chi connectivity index (χ1v) is 6.97. The van der Waals surface area contributed by atoms with Crippen molar-refractivity contribution in [1.82, 2.24) is 0 Å². The van der Waals surface area contributed by atoms with E-state index in [9.17, 15) is 40.6 Å². The van der Waals surface area contributed by atoms with E-state index in [1.165, 1.54) is 6.92 Å². The fourth-order valence-electron chi connectivity index (χ4n) is 2.29. The van der Waals surface area contributed by atoms with E-state index in [0.29, 0.717) is 6.92 Å². The van der Waals surface area contributed by atoms with E-state index in [4.69, 9.17) is 0 Å². The molecule has 0 saturated carbocycles. The highest BCUT2D eigenvalue weighted by Gasteiger charge is 2.72. The fourth-order valence-corrected chi connectivity index (χ4v) is 2.29. The summed E-state index contributed by atoms with van der Waals surface area (Å²) in [5.74, 6) is -4.39. The van der Waals surface area contributed by atoms with Gasteiger partial charge in [-0.25, -0.2) is 4.39 Å². The van der Waals surface area contributed by atoms with E-state index in [1.54, 1.807) is 0 Å². The Bertz CT molecular complexity index is 421. The molecule has 0 amide bonds. The van der Waals surface area contributed by atoms with E-state index < -0.39 is 47.8 Å². The Morgan fingerprint density at radius 2 is 1.52 bits per heavy atom. The summed E-state index contributed by atoms with van der Waals surface area (Å²) in [4.78, 5) is 11.8. The van der Waals surface area contributed by atoms with E-state index in [-0.39, 0.29) is 18.9 Å². The van der Waals surface area contributed by atoms with E-state index in [2.05, 4.69) is 0 Å². The van der Waals surface area contributed by atoms with Gasteiger partial charge in [0.25, 0.3) is 0 Å². The molecule has 0 aliphatic heterocycles. The summed E-state index contributed by atoms with van der Waals surface area (Å²) in [5, 5.41) is 9.49. The first-order chi connectivity index (χ1) is 10.2. The van der Waals surface area contributed by atoms with Crippen LogP contribution in [0.15, 0.2) is 11.8 Å². The quantitative estimate of drug-likeness (QED) is 0.384. The van der Waals surface area contributed by atoms with Crippen LogP contribution in [-0.4, -0.2) is 29.4 Å². The van der Waals surface area contributed by atoms with Crippen molar-refractivity contribution in [3.8, 4) is 0 Å². The highest BCUT2D eigenvalue weighted by molar-refractivity contribution is 5.92. The first kappa shape index (κ1) is 21.7. The van der Waals surface area contributed by atoms with Crippen LogP contribution in [0.3, 0.4) is 0 Å². The molecular formula is C14H19F7O2. The van der Waals surface area contributed by atoms with Crippen LogP contribution in [-0.2, 0) is 4.79 Å². The number of rotatable bonds is 7. The second kappa shape index (κ2) is 7.53. The van der Waals surface area contributed by atoms with Crippen molar-refractivity contribution in [3.05, 3.63) is 11.8 Å². The molecule has 0 heterocycles. The molecule has 2 nitrogen and oxygen atoms in total. The van der Waals surface area contributed by atoms with Gasteiger partial charge in [0.2, 0.25) is 5.41 Å². The fraction of sp³-hybridized carbons (Fsp3) is 0.786. The van der Waals surface area contributed by atoms with Gasteiger partial charge in [-0.1, -0.05) is 13.8 Å². The monoisotopic (exact) mass is 352 g/mol. The van der Waals surface area contributed by atoms with Gasteiger partial charge in [0.05, 0.1) is 6.17 Å². The number of allylic oxidation sites excluding steroid dienone is 2. The smallest absolute Gasteiger partial charge is 0.410 e. The van der Waals surface area contributed by atoms with Crippen molar-refractivity contribution in [2.45, 2.75) is 58.6 Å². The summed E-state index contributed by atoms with van der Waals surface area (Å²) >= 11 is 0. The predicted molar refractivity (Wildman–Crippen MR) is 69.5 cm³/mol. The van der Waals surface area contributed by atoms with Gasteiger partial charge in [0.1, 0.15) is 5.76 Å². The lowest BCUT2D eigenvalue weighted by Gasteiger charge is -2.35. The number of hydrogen-bond donors (Lipinski definition) is 1. The molecule has 23 heavy (non-hydrogen) atoms. The lowest BCUT2D eigenvalue weighted by molar-refractivity contribution is -0.334. The van der Waals surface area contributed by atoms with E-state index in [0.717, 1.165) is 6.92 Å². The number of alkyl halides is 7. The molecule has 9 heteroatoms. The zero-order chi connectivity index (χ0) is 18.6. The second-order valence-electron chi connectivity index (χ2n) is 5.31. The number of carbonyl (C=O) groups excluding carboxylic acids is 1. The van der Waals surface area contributed by atoms with Crippen LogP contribution in [0.2, 0.25) is 0 Å². The first-order valence-electron chi connectivity index (χ1n) is 6.97. The Kier molecular flexibility index (Phi) is 7.11. The molecule has 0 spiro atoms. The maximum atomic E-state index is 13.0. The summed E-state index contributed by atoms with van der Waals surface area (Å²) in [6.45, 7) is 3.16. The van der Waals surface area contributed by atoms with Crippen molar-refractivity contribution in [2.24, 2.45) is 11.3 Å². The largest absolute Gasteiger partial charge is 0.511 e. The minimum atomic E-state index is -5.84. The van der Waals surface area contributed by atoms with Crippen LogP contribution in [0.4, 0.5) is 30.7 Å². The van der Waals surface area contributed by atoms with Crippen LogP contribution in [0.5, 0.6) is 0 Å². The minimum Gasteiger partial charge on any atom is -0.511 e. The molecule has 1 N–H and O–H groups in total. The highest BCUT2D eigenvalue weighted by atomic mass is 19.4. The molecule has 0 saturated heterocycles. The number of carbonyl (C=O) groups is 1. The van der Waals surface area contributed by atoms with Gasteiger partial charge < -0.3 is 5.11 Å². The third-order valence-corrected chi connectivity index (χ3v) is 3.72. The van der Waals surface area contributed by atoms with Crippen molar-refractivity contribution in [3.63, 3.8) is 0 Å². The SMILES string of the molecule is CCC(CC(C)F)C(=O)/C=C(\O)C(CC)(C(F)(F)F)C(F)(F)F. The Morgan fingerprint density at radius 1 is 1.09 bits per heavy atom. The van der Waals surface area contributed by atoms with Crippen molar-refractivity contribution < 1.29 is 40.6 Å². The van der Waals surface area contributed by atoms with Gasteiger partial charge in [-0.2, -0.15) is 26.3 Å². The summed E-state index contributed by atoms with van der Waals surface area (Å²) < 4.78 is 90.8. The van der Waals surface area contributed by atoms with Crippen LogP contribution in [0.1, 0.15) is 40.0 Å². The number of halogens is 7. The second-order valence-corrected chi connectivity index (χ2v) is 5.31. The summed E-state index contributed by atoms with van der Waals surface area (Å²) in [6.07, 6.45) is -15.1. The molecule has 0 aromatic rings. The Morgan fingerprint density at radius 3 is 1.78 bits per heavy atom. The van der Waals surface area contributed by atoms with Crippen molar-refractivity contribution in [1.29, 1.82) is 0 Å². The average Bonchev–Trinajstić information content (AvgIpc) is 2.33. The van der Waals surface area contributed by atoms with Crippen LogP contribution < -0.4 is 0 Å². The van der Waals surface area contributed by atoms with Gasteiger partial charge in [0.15, 0.2) is 5.78 Å². The van der Waals surface area contributed by atoms with Crippen molar-refractivity contribution >= 4 is 5.78 Å². The third kappa shape index (κ3) is 4.60. The molecule has 0 aromatic heterocycles. The van der Waals surface area contributed by atoms with Crippen LogP contribution >= 0.6 is 0 Å². The molecular weight excluding hydrogens is 333 g/mol. The molecule has 136 valence electrons. The topological polar surface area (TPSA) is 37.3 Å². The van der Waals surface area contributed by atoms with Crippen molar-refractivity contribution in [2.75, 3.05) is 0 Å². The average molecular weight is 352 g/mol. The number of ketones is 1. The Labute approximate surface area is 129 Å². The molecule has 0 aliphatic carbocycles. The molecule has 0 bridgehead atoms. The number of hydrogen-bond acceptors (Lipinski definition) is 2. The Hall–Kier alpha value is -1.28. The van der Waals surface area contributed by atoms with Crippen LogP contribution in [0, 0.1) is 11.3 Å². The molecule has 0 rings (SSSR count). The van der Waals surface area contributed by atoms with Crippen LogP contribution in [0.25, 0.3) is 0 Å². The predicted octanol–water partition coefficient (Wildman–Crippen LogP) is 5.29. The summed E-state index contributed by atoms with van der Waals surface area (Å²) in [5.41, 5.74) is -4.52. The zero-order valence-corrected chi connectivity index (χ0v) is 12.9. The molecule has 0 aliphatic rings. The molecule has 0 fully saturated rings. The Balaban J connectivity index is 5.89. The van der Waals surface area contributed by atoms with Gasteiger partial charge in [-0.05, 0) is 26.2 Å².